The van der Waals surface area contributed by atoms with Gasteiger partial charge in [0.25, 0.3) is 0 Å². The molecule has 1 aromatic rings. The van der Waals surface area contributed by atoms with Crippen LogP contribution in [0.1, 0.15) is 57.6 Å². The number of esters is 2. The molecule has 0 radical (unpaired) electrons. The number of rotatable bonds is 7. The van der Waals surface area contributed by atoms with Crippen molar-refractivity contribution in [3.05, 3.63) is 29.3 Å². The second kappa shape index (κ2) is 10.4. The second-order valence-corrected chi connectivity index (χ2v) is 6.80. The first-order valence-corrected chi connectivity index (χ1v) is 8.31. The third-order valence-corrected chi connectivity index (χ3v) is 3.98. The SMILES string of the molecule is CC(C)c1cccc(C(C)C)c1OC(=O)COC(=O)[C@@H](C)N(C)C.Cl. The molecule has 0 aromatic heterocycles. The van der Waals surface area contributed by atoms with Crippen LogP contribution in [0.3, 0.4) is 0 Å². The van der Waals surface area contributed by atoms with Gasteiger partial charge in [0.1, 0.15) is 11.8 Å². The Balaban J connectivity index is 0.00000576. The third kappa shape index (κ3) is 6.67. The van der Waals surface area contributed by atoms with Crippen molar-refractivity contribution in [2.75, 3.05) is 20.7 Å². The molecule has 6 heteroatoms. The Morgan fingerprint density at radius 2 is 1.48 bits per heavy atom. The fraction of sp³-hybridized carbons (Fsp3) is 0.579. The van der Waals surface area contributed by atoms with Crippen molar-refractivity contribution < 1.29 is 19.1 Å². The van der Waals surface area contributed by atoms with Crippen LogP contribution in [0.2, 0.25) is 0 Å². The van der Waals surface area contributed by atoms with Gasteiger partial charge in [0.2, 0.25) is 0 Å². The van der Waals surface area contributed by atoms with Crippen molar-refractivity contribution in [1.29, 1.82) is 0 Å². The third-order valence-electron chi connectivity index (χ3n) is 3.98. The van der Waals surface area contributed by atoms with Crippen LogP contribution in [-0.2, 0) is 14.3 Å². The van der Waals surface area contributed by atoms with E-state index in [9.17, 15) is 9.59 Å². The Labute approximate surface area is 157 Å². The largest absolute Gasteiger partial charge is 0.452 e. The molecule has 1 atom stereocenters. The van der Waals surface area contributed by atoms with Gasteiger partial charge in [0, 0.05) is 0 Å². The molecule has 0 bridgehead atoms. The minimum atomic E-state index is -0.565. The number of halogens is 1. The van der Waals surface area contributed by atoms with Crippen LogP contribution in [0.25, 0.3) is 0 Å². The standard InChI is InChI=1S/C19H29NO4.ClH/c1-12(2)15-9-8-10-16(13(3)4)18(15)24-17(21)11-23-19(22)14(5)20(6)7;/h8-10,12-14H,11H2,1-7H3;1H/t14-;/m1./s1. The van der Waals surface area contributed by atoms with E-state index in [1.54, 1.807) is 25.9 Å². The molecule has 0 aliphatic rings. The zero-order valence-corrected chi connectivity index (χ0v) is 17.0. The van der Waals surface area contributed by atoms with Gasteiger partial charge in [0.15, 0.2) is 6.61 Å². The summed E-state index contributed by atoms with van der Waals surface area (Å²) < 4.78 is 10.6. The van der Waals surface area contributed by atoms with Crippen LogP contribution in [-0.4, -0.2) is 43.6 Å². The number of carbonyl (C=O) groups is 2. The van der Waals surface area contributed by atoms with E-state index in [1.807, 2.05) is 18.2 Å². The first-order valence-electron chi connectivity index (χ1n) is 8.31. The molecule has 25 heavy (non-hydrogen) atoms. The van der Waals surface area contributed by atoms with Gasteiger partial charge in [-0.15, -0.1) is 12.4 Å². The lowest BCUT2D eigenvalue weighted by molar-refractivity contribution is -0.156. The Kier molecular flexibility index (Phi) is 9.75. The fourth-order valence-corrected chi connectivity index (χ4v) is 2.21. The Morgan fingerprint density at radius 3 is 1.88 bits per heavy atom. The summed E-state index contributed by atoms with van der Waals surface area (Å²) in [5.41, 5.74) is 1.95. The van der Waals surface area contributed by atoms with E-state index < -0.39 is 18.0 Å². The van der Waals surface area contributed by atoms with Gasteiger partial charge < -0.3 is 9.47 Å². The molecule has 0 fully saturated rings. The van der Waals surface area contributed by atoms with Crippen LogP contribution in [0.4, 0.5) is 0 Å². The molecule has 0 amide bonds. The van der Waals surface area contributed by atoms with Gasteiger partial charge in [0.05, 0.1) is 0 Å². The Bertz CT molecular complexity index is 559. The minimum absolute atomic E-state index is 0. The number of benzene rings is 1. The lowest BCUT2D eigenvalue weighted by Gasteiger charge is -2.20. The number of likely N-dealkylation sites (N-methyl/N-ethyl adjacent to an activating group) is 1. The van der Waals surface area contributed by atoms with Gasteiger partial charge in [-0.2, -0.15) is 0 Å². The van der Waals surface area contributed by atoms with Crippen LogP contribution in [0.15, 0.2) is 18.2 Å². The molecule has 0 aliphatic heterocycles. The minimum Gasteiger partial charge on any atom is -0.452 e. The molecule has 142 valence electrons. The number of hydrogen-bond acceptors (Lipinski definition) is 5. The van der Waals surface area contributed by atoms with E-state index in [1.165, 1.54) is 0 Å². The first kappa shape index (κ1) is 23.4. The Morgan fingerprint density at radius 1 is 1.00 bits per heavy atom. The number of para-hydroxylation sites is 1. The number of hydrogen-bond donors (Lipinski definition) is 0. The summed E-state index contributed by atoms with van der Waals surface area (Å²) in [6.07, 6.45) is 0. The van der Waals surface area contributed by atoms with Gasteiger partial charge in [-0.25, -0.2) is 4.79 Å². The van der Waals surface area contributed by atoms with Crippen molar-refractivity contribution in [3.63, 3.8) is 0 Å². The van der Waals surface area contributed by atoms with Gasteiger partial charge in [-0.3, -0.25) is 9.69 Å². The smallest absolute Gasteiger partial charge is 0.349 e. The molecule has 1 rings (SSSR count). The predicted molar refractivity (Wildman–Crippen MR) is 102 cm³/mol. The van der Waals surface area contributed by atoms with E-state index in [0.29, 0.717) is 5.75 Å². The highest BCUT2D eigenvalue weighted by Gasteiger charge is 2.21. The number of ether oxygens (including phenoxy) is 2. The van der Waals surface area contributed by atoms with E-state index in [0.717, 1.165) is 11.1 Å². The molecule has 0 saturated heterocycles. The van der Waals surface area contributed by atoms with Crippen LogP contribution in [0, 0.1) is 0 Å². The van der Waals surface area contributed by atoms with Gasteiger partial charge in [-0.1, -0.05) is 45.9 Å². The molecule has 0 heterocycles. The first-order chi connectivity index (χ1) is 11.1. The molecule has 0 spiro atoms. The normalized spacial score (nSPS) is 12.1. The van der Waals surface area contributed by atoms with E-state index >= 15 is 0 Å². The second-order valence-electron chi connectivity index (χ2n) is 6.80. The highest BCUT2D eigenvalue weighted by Crippen LogP contribution is 2.34. The van der Waals surface area contributed by atoms with Crippen molar-refractivity contribution >= 4 is 24.3 Å². The van der Waals surface area contributed by atoms with Gasteiger partial charge >= 0.3 is 11.9 Å². The number of nitrogens with zero attached hydrogens (tertiary/aromatic N) is 1. The molecular formula is C19H30ClNO4. The summed E-state index contributed by atoms with van der Waals surface area (Å²) in [5, 5.41) is 0. The maximum atomic E-state index is 12.1. The lowest BCUT2D eigenvalue weighted by atomic mass is 9.94. The maximum Gasteiger partial charge on any atom is 0.349 e. The summed E-state index contributed by atoms with van der Waals surface area (Å²) in [6, 6.07) is 5.48. The lowest BCUT2D eigenvalue weighted by Crippen LogP contribution is -2.35. The average Bonchev–Trinajstić information content (AvgIpc) is 2.51. The van der Waals surface area contributed by atoms with E-state index in [2.05, 4.69) is 27.7 Å². The van der Waals surface area contributed by atoms with Crippen molar-refractivity contribution in [2.45, 2.75) is 52.5 Å². The summed E-state index contributed by atoms with van der Waals surface area (Å²) in [5.74, 6) is 0.0253. The highest BCUT2D eigenvalue weighted by atomic mass is 35.5. The van der Waals surface area contributed by atoms with E-state index in [4.69, 9.17) is 9.47 Å². The number of carbonyl (C=O) groups excluding carboxylic acids is 2. The van der Waals surface area contributed by atoms with Crippen molar-refractivity contribution in [2.24, 2.45) is 0 Å². The maximum absolute atomic E-state index is 12.1. The molecule has 0 unspecified atom stereocenters. The molecule has 1 aromatic carbocycles. The Hall–Kier alpha value is -1.59. The fourth-order valence-electron chi connectivity index (χ4n) is 2.21. The topological polar surface area (TPSA) is 55.8 Å². The summed E-state index contributed by atoms with van der Waals surface area (Å²) in [4.78, 5) is 25.7. The monoisotopic (exact) mass is 371 g/mol. The molecule has 0 N–H and O–H groups in total. The molecule has 5 nitrogen and oxygen atoms in total. The van der Waals surface area contributed by atoms with Crippen molar-refractivity contribution in [3.8, 4) is 5.75 Å². The predicted octanol–water partition coefficient (Wildman–Crippen LogP) is 3.75. The van der Waals surface area contributed by atoms with E-state index in [-0.39, 0.29) is 30.8 Å². The molecule has 0 saturated carbocycles. The van der Waals surface area contributed by atoms with Crippen LogP contribution < -0.4 is 4.74 Å². The summed E-state index contributed by atoms with van der Waals surface area (Å²) in [7, 11) is 3.55. The molecule has 0 aliphatic carbocycles. The highest BCUT2D eigenvalue weighted by molar-refractivity contribution is 5.85. The van der Waals surface area contributed by atoms with Gasteiger partial charge in [-0.05, 0) is 44.0 Å². The quantitative estimate of drug-likeness (QED) is 0.539. The molecular weight excluding hydrogens is 342 g/mol. The summed E-state index contributed by atoms with van der Waals surface area (Å²) >= 11 is 0. The van der Waals surface area contributed by atoms with Crippen molar-refractivity contribution in [1.82, 2.24) is 4.90 Å². The zero-order chi connectivity index (χ0) is 18.4. The van der Waals surface area contributed by atoms with Crippen LogP contribution >= 0.6 is 12.4 Å². The zero-order valence-electron chi connectivity index (χ0n) is 16.2. The summed E-state index contributed by atoms with van der Waals surface area (Å²) in [6.45, 7) is 9.54. The van der Waals surface area contributed by atoms with Crippen LogP contribution in [0.5, 0.6) is 5.75 Å². The average molecular weight is 372 g/mol.